The summed E-state index contributed by atoms with van der Waals surface area (Å²) >= 11 is 1.39. The van der Waals surface area contributed by atoms with E-state index in [1.54, 1.807) is 38.4 Å². The molecule has 40 heavy (non-hydrogen) atoms. The third-order valence-electron chi connectivity index (χ3n) is 6.47. The van der Waals surface area contributed by atoms with Gasteiger partial charge in [-0.15, -0.1) is 11.3 Å². The summed E-state index contributed by atoms with van der Waals surface area (Å²) in [7, 11) is 3.29. The van der Waals surface area contributed by atoms with Gasteiger partial charge in [0.15, 0.2) is 5.13 Å². The number of methoxy groups -OCH3 is 1. The van der Waals surface area contributed by atoms with Gasteiger partial charge in [-0.1, -0.05) is 48.5 Å². The van der Waals surface area contributed by atoms with Crippen molar-refractivity contribution in [1.29, 1.82) is 0 Å². The lowest BCUT2D eigenvalue weighted by Gasteiger charge is -2.25. The number of hydrogen-bond acceptors (Lipinski definition) is 7. The number of aromatic nitrogens is 1. The van der Waals surface area contributed by atoms with Crippen LogP contribution in [0.25, 0.3) is 0 Å². The summed E-state index contributed by atoms with van der Waals surface area (Å²) < 4.78 is 5.28. The molecule has 0 radical (unpaired) electrons. The molecule has 0 unspecified atom stereocenters. The molecule has 0 bridgehead atoms. The van der Waals surface area contributed by atoms with Gasteiger partial charge in [0.2, 0.25) is 0 Å². The Morgan fingerprint density at radius 1 is 1.00 bits per heavy atom. The van der Waals surface area contributed by atoms with E-state index in [0.29, 0.717) is 29.2 Å². The number of aliphatic hydroxyl groups excluding tert-OH is 1. The molecule has 1 heterocycles. The zero-order chi connectivity index (χ0) is 28.5. The molecular formula is C31H34N4O4S. The number of nitrogens with one attached hydrogen (secondary N) is 2. The molecule has 3 aromatic carbocycles. The number of carbonyl (C=O) groups excluding carboxylic acids is 2. The molecule has 2 atom stereocenters. The summed E-state index contributed by atoms with van der Waals surface area (Å²) in [5, 5.41) is 19.9. The number of ether oxygens (including phenoxy) is 1. The van der Waals surface area contributed by atoms with Crippen molar-refractivity contribution in [2.45, 2.75) is 32.0 Å². The molecule has 0 aliphatic rings. The molecule has 1 aromatic heterocycles. The Labute approximate surface area is 238 Å². The molecule has 0 fully saturated rings. The summed E-state index contributed by atoms with van der Waals surface area (Å²) in [5.41, 5.74) is 3.57. The van der Waals surface area contributed by atoms with E-state index in [2.05, 4.69) is 15.6 Å². The van der Waals surface area contributed by atoms with Crippen LogP contribution in [-0.2, 0) is 13.0 Å². The van der Waals surface area contributed by atoms with Crippen molar-refractivity contribution in [2.24, 2.45) is 0 Å². The first-order valence-corrected chi connectivity index (χ1v) is 13.9. The monoisotopic (exact) mass is 558 g/mol. The summed E-state index contributed by atoms with van der Waals surface area (Å²) in [6, 6.07) is 23.4. The van der Waals surface area contributed by atoms with Gasteiger partial charge < -0.3 is 20.5 Å². The van der Waals surface area contributed by atoms with Gasteiger partial charge in [-0.05, 0) is 54.8 Å². The molecule has 2 amide bonds. The minimum atomic E-state index is -0.862. The smallest absolute Gasteiger partial charge is 0.259 e. The fourth-order valence-electron chi connectivity index (χ4n) is 4.26. The topological polar surface area (TPSA) is 104 Å². The summed E-state index contributed by atoms with van der Waals surface area (Å²) in [4.78, 5) is 32.3. The van der Waals surface area contributed by atoms with Crippen LogP contribution in [0.2, 0.25) is 0 Å². The van der Waals surface area contributed by atoms with Crippen molar-refractivity contribution >= 4 is 28.3 Å². The number of carbonyl (C=O) groups is 2. The molecule has 8 nitrogen and oxygen atoms in total. The number of amides is 2. The maximum Gasteiger partial charge on any atom is 0.259 e. The average Bonchev–Trinajstić information content (AvgIpc) is 3.42. The second-order valence-electron chi connectivity index (χ2n) is 9.54. The molecule has 0 aliphatic heterocycles. The number of rotatable bonds is 12. The Kier molecular flexibility index (Phi) is 10.0. The fraction of sp³-hybridized carbons (Fsp3) is 0.258. The molecule has 9 heteroatoms. The van der Waals surface area contributed by atoms with Gasteiger partial charge in [-0.25, -0.2) is 4.98 Å². The fourth-order valence-corrected chi connectivity index (χ4v) is 5.03. The van der Waals surface area contributed by atoms with Crippen molar-refractivity contribution in [3.63, 3.8) is 0 Å². The lowest BCUT2D eigenvalue weighted by molar-refractivity contribution is 0.0830. The van der Waals surface area contributed by atoms with E-state index < -0.39 is 12.1 Å². The van der Waals surface area contributed by atoms with Gasteiger partial charge in [0, 0.05) is 36.6 Å². The molecule has 4 rings (SSSR count). The first-order chi connectivity index (χ1) is 19.3. The van der Waals surface area contributed by atoms with Crippen LogP contribution in [0, 0.1) is 6.92 Å². The second kappa shape index (κ2) is 13.8. The standard InChI is InChI=1S/C31H34N4O4S/c1-21-20-40-31(33-21)35(2)30(38)25-13-8-12-24(17-25)29(37)34-27(16-22-9-5-4-6-10-22)28(36)19-32-18-23-11-7-14-26(15-23)39-3/h4-15,17,20,27-28,32,36H,16,18-19H2,1-3H3,(H,34,37)/t27-,28+/m0/s1. The molecule has 4 aromatic rings. The first-order valence-electron chi connectivity index (χ1n) is 13.0. The molecule has 3 N–H and O–H groups in total. The largest absolute Gasteiger partial charge is 0.497 e. The molecule has 0 spiro atoms. The number of aryl methyl sites for hydroxylation is 1. The van der Waals surface area contributed by atoms with E-state index in [0.717, 1.165) is 22.6 Å². The van der Waals surface area contributed by atoms with Crippen LogP contribution in [0.1, 0.15) is 37.5 Å². The highest BCUT2D eigenvalue weighted by Crippen LogP contribution is 2.21. The van der Waals surface area contributed by atoms with E-state index in [-0.39, 0.29) is 18.4 Å². The highest BCUT2D eigenvalue weighted by Gasteiger charge is 2.23. The third kappa shape index (κ3) is 7.75. The van der Waals surface area contributed by atoms with Crippen molar-refractivity contribution < 1.29 is 19.4 Å². The minimum Gasteiger partial charge on any atom is -0.497 e. The van der Waals surface area contributed by atoms with E-state index in [9.17, 15) is 14.7 Å². The van der Waals surface area contributed by atoms with Crippen molar-refractivity contribution in [1.82, 2.24) is 15.6 Å². The number of aliphatic hydroxyl groups is 1. The Morgan fingerprint density at radius 3 is 2.45 bits per heavy atom. The number of benzene rings is 3. The van der Waals surface area contributed by atoms with Gasteiger partial charge in [0.05, 0.1) is 24.9 Å². The first kappa shape index (κ1) is 28.9. The Morgan fingerprint density at radius 2 is 1.73 bits per heavy atom. The van der Waals surface area contributed by atoms with Crippen molar-refractivity contribution in [3.05, 3.63) is 112 Å². The van der Waals surface area contributed by atoms with Crippen molar-refractivity contribution in [3.8, 4) is 5.75 Å². The van der Waals surface area contributed by atoms with Gasteiger partial charge >= 0.3 is 0 Å². The van der Waals surface area contributed by atoms with E-state index >= 15 is 0 Å². The van der Waals surface area contributed by atoms with Crippen LogP contribution in [0.15, 0.2) is 84.2 Å². The lowest BCUT2D eigenvalue weighted by Crippen LogP contribution is -2.48. The predicted molar refractivity (Wildman–Crippen MR) is 158 cm³/mol. The van der Waals surface area contributed by atoms with Crippen LogP contribution in [-0.4, -0.2) is 54.8 Å². The quantitative estimate of drug-likeness (QED) is 0.241. The molecule has 0 saturated carbocycles. The maximum absolute atomic E-state index is 13.3. The second-order valence-corrected chi connectivity index (χ2v) is 10.4. The van der Waals surface area contributed by atoms with E-state index in [1.165, 1.54) is 16.2 Å². The van der Waals surface area contributed by atoms with E-state index in [1.807, 2.05) is 66.9 Å². The van der Waals surface area contributed by atoms with Crippen LogP contribution in [0.5, 0.6) is 5.75 Å². The maximum atomic E-state index is 13.3. The van der Waals surface area contributed by atoms with Gasteiger partial charge in [-0.3, -0.25) is 14.5 Å². The van der Waals surface area contributed by atoms with E-state index in [4.69, 9.17) is 4.74 Å². The summed E-state index contributed by atoms with van der Waals surface area (Å²) in [6.07, 6.45) is -0.418. The zero-order valence-electron chi connectivity index (χ0n) is 22.8. The number of thiazole rings is 1. The number of nitrogens with zero attached hydrogens (tertiary/aromatic N) is 2. The normalized spacial score (nSPS) is 12.4. The summed E-state index contributed by atoms with van der Waals surface area (Å²) in [6.45, 7) is 2.68. The SMILES string of the molecule is COc1cccc(CNC[C@@H](O)[C@H](Cc2ccccc2)NC(=O)c2cccc(C(=O)N(C)c3nc(C)cs3)c2)c1. The Hall–Kier alpha value is -4.05. The lowest BCUT2D eigenvalue weighted by atomic mass is 10.00. The molecule has 208 valence electrons. The Balaban J connectivity index is 1.45. The highest BCUT2D eigenvalue weighted by molar-refractivity contribution is 7.14. The molecule has 0 saturated heterocycles. The van der Waals surface area contributed by atoms with Crippen LogP contribution in [0.3, 0.4) is 0 Å². The van der Waals surface area contributed by atoms with Gasteiger partial charge in [0.25, 0.3) is 11.8 Å². The zero-order valence-corrected chi connectivity index (χ0v) is 23.7. The number of hydrogen-bond donors (Lipinski definition) is 3. The number of anilines is 1. The highest BCUT2D eigenvalue weighted by atomic mass is 32.1. The average molecular weight is 559 g/mol. The molecular weight excluding hydrogens is 524 g/mol. The third-order valence-corrected chi connectivity index (χ3v) is 7.50. The Bertz CT molecular complexity index is 1430. The molecule has 0 aliphatic carbocycles. The van der Waals surface area contributed by atoms with Crippen LogP contribution < -0.4 is 20.3 Å². The van der Waals surface area contributed by atoms with Crippen molar-refractivity contribution in [2.75, 3.05) is 25.6 Å². The van der Waals surface area contributed by atoms with Gasteiger partial charge in [0.1, 0.15) is 5.75 Å². The summed E-state index contributed by atoms with van der Waals surface area (Å²) in [5.74, 6) is 0.143. The predicted octanol–water partition coefficient (Wildman–Crippen LogP) is 4.23. The van der Waals surface area contributed by atoms with Gasteiger partial charge in [-0.2, -0.15) is 0 Å². The van der Waals surface area contributed by atoms with Crippen LogP contribution >= 0.6 is 11.3 Å². The minimum absolute atomic E-state index is 0.258. The van der Waals surface area contributed by atoms with Crippen LogP contribution in [0.4, 0.5) is 5.13 Å².